The molecule has 0 spiro atoms. The molecule has 1 heterocycles. The molecule has 1 fully saturated rings. The van der Waals surface area contributed by atoms with Gasteiger partial charge in [0.15, 0.2) is 0 Å². The first-order chi connectivity index (χ1) is 9.28. The van der Waals surface area contributed by atoms with Crippen molar-refractivity contribution in [3.63, 3.8) is 0 Å². The molecule has 1 aromatic carbocycles. The van der Waals surface area contributed by atoms with Crippen LogP contribution in [0.1, 0.15) is 48.0 Å². The molecule has 4 heteroatoms. The fourth-order valence-corrected chi connectivity index (χ4v) is 2.64. The maximum atomic E-state index is 5.68. The largest absolute Gasteiger partial charge is 0.275 e. The van der Waals surface area contributed by atoms with Crippen LogP contribution >= 0.6 is 0 Å². The van der Waals surface area contributed by atoms with Crippen molar-refractivity contribution in [1.29, 1.82) is 0 Å². The number of benzene rings is 1. The van der Waals surface area contributed by atoms with Crippen LogP contribution in [0.5, 0.6) is 0 Å². The van der Waals surface area contributed by atoms with Gasteiger partial charge in [-0.25, -0.2) is 5.43 Å². The van der Waals surface area contributed by atoms with Gasteiger partial charge >= 0.3 is 0 Å². The summed E-state index contributed by atoms with van der Waals surface area (Å²) in [6.45, 7) is 0. The van der Waals surface area contributed by atoms with E-state index in [-0.39, 0.29) is 6.04 Å². The summed E-state index contributed by atoms with van der Waals surface area (Å²) >= 11 is 0. The highest BCUT2D eigenvalue weighted by atomic mass is 15.3. The first kappa shape index (κ1) is 12.4. The second-order valence-electron chi connectivity index (χ2n) is 5.31. The van der Waals surface area contributed by atoms with Gasteiger partial charge in [0.05, 0.1) is 11.7 Å². The Morgan fingerprint density at radius 2 is 2.00 bits per heavy atom. The first-order valence-electron chi connectivity index (χ1n) is 6.83. The van der Waals surface area contributed by atoms with E-state index < -0.39 is 0 Å². The highest BCUT2D eigenvalue weighted by molar-refractivity contribution is 5.32. The molecule has 3 N–H and O–H groups in total. The molecule has 1 aliphatic rings. The summed E-state index contributed by atoms with van der Waals surface area (Å²) < 4.78 is 1.79. The zero-order valence-corrected chi connectivity index (χ0v) is 11.2. The average Bonchev–Trinajstić information content (AvgIpc) is 2.77. The molecular weight excluding hydrogens is 236 g/mol. The number of hydrazine groups is 1. The van der Waals surface area contributed by atoms with E-state index >= 15 is 0 Å². The third kappa shape index (κ3) is 2.41. The average molecular weight is 256 g/mol. The molecule has 0 amide bonds. The van der Waals surface area contributed by atoms with Crippen molar-refractivity contribution < 1.29 is 0 Å². The lowest BCUT2D eigenvalue weighted by Crippen LogP contribution is -2.29. The van der Waals surface area contributed by atoms with Gasteiger partial charge in [-0.1, -0.05) is 30.7 Å². The first-order valence-corrected chi connectivity index (χ1v) is 6.83. The minimum absolute atomic E-state index is 0.0448. The van der Waals surface area contributed by atoms with Crippen LogP contribution < -0.4 is 11.3 Å². The summed E-state index contributed by atoms with van der Waals surface area (Å²) in [5.74, 6) is 6.45. The van der Waals surface area contributed by atoms with Crippen molar-refractivity contribution in [3.8, 4) is 0 Å². The van der Waals surface area contributed by atoms with Crippen molar-refractivity contribution >= 4 is 0 Å². The third-order valence-electron chi connectivity index (χ3n) is 4.04. The quantitative estimate of drug-likeness (QED) is 0.651. The van der Waals surface area contributed by atoms with Gasteiger partial charge in [-0.3, -0.25) is 10.5 Å². The SMILES string of the molecule is Cn1ccc(C(NN)c2ccc(C3CCC3)cc2)n1. The maximum absolute atomic E-state index is 5.68. The number of nitrogens with one attached hydrogen (secondary N) is 1. The fraction of sp³-hybridized carbons (Fsp3) is 0.400. The minimum atomic E-state index is -0.0448. The Hall–Kier alpha value is -1.65. The van der Waals surface area contributed by atoms with E-state index in [1.807, 2.05) is 19.3 Å². The zero-order valence-electron chi connectivity index (χ0n) is 11.2. The van der Waals surface area contributed by atoms with Crippen LogP contribution in [0.4, 0.5) is 0 Å². The number of rotatable bonds is 4. The number of hydrogen-bond acceptors (Lipinski definition) is 3. The van der Waals surface area contributed by atoms with E-state index in [9.17, 15) is 0 Å². The van der Waals surface area contributed by atoms with Gasteiger partial charge < -0.3 is 0 Å². The molecular formula is C15H20N4. The van der Waals surface area contributed by atoms with Crippen LogP contribution in [0.25, 0.3) is 0 Å². The van der Waals surface area contributed by atoms with Gasteiger partial charge in [0.25, 0.3) is 0 Å². The molecule has 1 saturated carbocycles. The number of hydrogen-bond donors (Lipinski definition) is 2. The van der Waals surface area contributed by atoms with Crippen molar-refractivity contribution in [2.24, 2.45) is 12.9 Å². The van der Waals surface area contributed by atoms with Gasteiger partial charge in [0.1, 0.15) is 0 Å². The standard InChI is InChI=1S/C15H20N4/c1-19-10-9-14(18-19)15(17-16)13-7-5-12(6-8-13)11-3-2-4-11/h5-11,15,17H,2-4,16H2,1H3. The Morgan fingerprint density at radius 1 is 1.26 bits per heavy atom. The van der Waals surface area contributed by atoms with Crippen LogP contribution in [0, 0.1) is 0 Å². The Bertz CT molecular complexity index is 540. The lowest BCUT2D eigenvalue weighted by molar-refractivity contribution is 0.419. The van der Waals surface area contributed by atoms with E-state index in [4.69, 9.17) is 5.84 Å². The van der Waals surface area contributed by atoms with Crippen molar-refractivity contribution in [2.75, 3.05) is 0 Å². The summed E-state index contributed by atoms with van der Waals surface area (Å²) in [4.78, 5) is 0. The lowest BCUT2D eigenvalue weighted by atomic mass is 9.80. The van der Waals surface area contributed by atoms with Crippen molar-refractivity contribution in [3.05, 3.63) is 53.3 Å². The minimum Gasteiger partial charge on any atom is -0.275 e. The van der Waals surface area contributed by atoms with Crippen molar-refractivity contribution in [1.82, 2.24) is 15.2 Å². The number of aryl methyl sites for hydroxylation is 1. The van der Waals surface area contributed by atoms with Crippen LogP contribution in [-0.2, 0) is 7.05 Å². The number of nitrogens with two attached hydrogens (primary N) is 1. The molecule has 1 atom stereocenters. The second-order valence-corrected chi connectivity index (χ2v) is 5.31. The molecule has 4 nitrogen and oxygen atoms in total. The summed E-state index contributed by atoms with van der Waals surface area (Å²) in [5.41, 5.74) is 6.40. The predicted molar refractivity (Wildman–Crippen MR) is 75.4 cm³/mol. The summed E-state index contributed by atoms with van der Waals surface area (Å²) in [6, 6.07) is 10.7. The summed E-state index contributed by atoms with van der Waals surface area (Å²) in [7, 11) is 1.91. The molecule has 1 aromatic heterocycles. The molecule has 1 aliphatic carbocycles. The van der Waals surface area contributed by atoms with Gasteiger partial charge in [-0.2, -0.15) is 5.10 Å². The molecule has 100 valence electrons. The van der Waals surface area contributed by atoms with Crippen LogP contribution in [0.2, 0.25) is 0 Å². The Balaban J connectivity index is 1.83. The van der Waals surface area contributed by atoms with Gasteiger partial charge in [-0.15, -0.1) is 0 Å². The zero-order chi connectivity index (χ0) is 13.2. The van der Waals surface area contributed by atoms with Crippen LogP contribution in [0.15, 0.2) is 36.5 Å². The highest BCUT2D eigenvalue weighted by Crippen LogP contribution is 2.36. The maximum Gasteiger partial charge on any atom is 0.0899 e. The third-order valence-corrected chi connectivity index (χ3v) is 4.04. The predicted octanol–water partition coefficient (Wildman–Crippen LogP) is 2.24. The molecule has 1 unspecified atom stereocenters. The van der Waals surface area contributed by atoms with E-state index in [0.29, 0.717) is 0 Å². The Kier molecular flexibility index (Phi) is 3.36. The van der Waals surface area contributed by atoms with E-state index in [1.54, 1.807) is 4.68 Å². The molecule has 3 rings (SSSR count). The molecule has 2 aromatic rings. The summed E-state index contributed by atoms with van der Waals surface area (Å²) in [6.07, 6.45) is 5.96. The molecule has 19 heavy (non-hydrogen) atoms. The van der Waals surface area contributed by atoms with Crippen LogP contribution in [-0.4, -0.2) is 9.78 Å². The normalized spacial score (nSPS) is 17.2. The molecule has 0 saturated heterocycles. The van der Waals surface area contributed by atoms with E-state index in [0.717, 1.165) is 17.2 Å². The highest BCUT2D eigenvalue weighted by Gasteiger charge is 2.20. The molecule has 0 aliphatic heterocycles. The van der Waals surface area contributed by atoms with Crippen LogP contribution in [0.3, 0.4) is 0 Å². The van der Waals surface area contributed by atoms with Gasteiger partial charge in [0.2, 0.25) is 0 Å². The molecule has 0 bridgehead atoms. The number of aromatic nitrogens is 2. The fourth-order valence-electron chi connectivity index (χ4n) is 2.64. The second kappa shape index (κ2) is 5.15. The Morgan fingerprint density at radius 3 is 2.47 bits per heavy atom. The van der Waals surface area contributed by atoms with Gasteiger partial charge in [0, 0.05) is 13.2 Å². The Labute approximate surface area is 113 Å². The topological polar surface area (TPSA) is 55.9 Å². The molecule has 0 radical (unpaired) electrons. The van der Waals surface area contributed by atoms with Gasteiger partial charge in [-0.05, 0) is 36.0 Å². The smallest absolute Gasteiger partial charge is 0.0899 e. The monoisotopic (exact) mass is 256 g/mol. The van der Waals surface area contributed by atoms with E-state index in [2.05, 4.69) is 34.8 Å². The van der Waals surface area contributed by atoms with Crippen molar-refractivity contribution in [2.45, 2.75) is 31.2 Å². The van der Waals surface area contributed by atoms with E-state index in [1.165, 1.54) is 24.8 Å². The summed E-state index contributed by atoms with van der Waals surface area (Å²) in [5, 5.41) is 4.42. The lowest BCUT2D eigenvalue weighted by Gasteiger charge is -2.26. The number of nitrogens with zero attached hydrogens (tertiary/aromatic N) is 2.